The lowest BCUT2D eigenvalue weighted by Crippen LogP contribution is -2.39. The number of benzene rings is 1. The third-order valence-corrected chi connectivity index (χ3v) is 5.87. The fraction of sp³-hybridized carbons (Fsp3) is 0.500. The fourth-order valence-electron chi connectivity index (χ4n) is 4.46. The van der Waals surface area contributed by atoms with Crippen molar-refractivity contribution >= 4 is 0 Å². The number of fused-ring (bicyclic) bond motifs is 3. The van der Waals surface area contributed by atoms with Gasteiger partial charge in [0.05, 0.1) is 25.3 Å². The van der Waals surface area contributed by atoms with Gasteiger partial charge in [0.15, 0.2) is 5.49 Å². The maximum Gasteiger partial charge on any atom is 0.151 e. The molecule has 2 unspecified atom stereocenters. The molecule has 1 aromatic carbocycles. The second kappa shape index (κ2) is 5.70. The summed E-state index contributed by atoms with van der Waals surface area (Å²) in [4.78, 5) is 13.4. The van der Waals surface area contributed by atoms with Gasteiger partial charge in [-0.05, 0) is 43.4 Å². The van der Waals surface area contributed by atoms with E-state index in [-0.39, 0.29) is 11.6 Å². The molecule has 25 heavy (non-hydrogen) atoms. The molecule has 0 radical (unpaired) electrons. The van der Waals surface area contributed by atoms with E-state index in [1.165, 1.54) is 29.7 Å². The van der Waals surface area contributed by atoms with E-state index in [0.29, 0.717) is 6.54 Å². The highest BCUT2D eigenvalue weighted by atomic mass is 16.5. The van der Waals surface area contributed by atoms with Gasteiger partial charge in [-0.3, -0.25) is 9.98 Å². The van der Waals surface area contributed by atoms with E-state index in [9.17, 15) is 0 Å². The van der Waals surface area contributed by atoms with Crippen molar-refractivity contribution in [2.45, 2.75) is 43.7 Å². The molecule has 0 amide bonds. The second-order valence-electron chi connectivity index (χ2n) is 7.35. The van der Waals surface area contributed by atoms with Crippen LogP contribution in [0.2, 0.25) is 0 Å². The van der Waals surface area contributed by atoms with E-state index in [1.807, 2.05) is 12.1 Å². The minimum atomic E-state index is 0.0472. The molecule has 1 fully saturated rings. The van der Waals surface area contributed by atoms with Crippen molar-refractivity contribution in [1.82, 2.24) is 4.98 Å². The van der Waals surface area contributed by atoms with Crippen LogP contribution >= 0.6 is 0 Å². The Hall–Kier alpha value is -2.14. The molecule has 0 bridgehead atoms. The third kappa shape index (κ3) is 2.49. The smallest absolute Gasteiger partial charge is 0.151 e. The van der Waals surface area contributed by atoms with Gasteiger partial charge < -0.3 is 14.5 Å². The Morgan fingerprint density at radius 2 is 2.12 bits per heavy atom. The number of rotatable bonds is 2. The molecular weight excluding hydrogens is 314 g/mol. The first kappa shape index (κ1) is 15.1. The molecule has 2 aromatic rings. The lowest BCUT2D eigenvalue weighted by molar-refractivity contribution is -0.00698. The van der Waals surface area contributed by atoms with E-state index in [2.05, 4.69) is 17.1 Å². The molecule has 5 heteroatoms. The molecule has 1 spiro atoms. The van der Waals surface area contributed by atoms with Gasteiger partial charge in [0.25, 0.3) is 0 Å². The average Bonchev–Trinajstić information content (AvgIpc) is 3.26. The number of methoxy groups -OCH3 is 1. The van der Waals surface area contributed by atoms with Crippen LogP contribution < -0.4 is 15.6 Å². The molecule has 5 rings (SSSR count). The number of hydrogen-bond donors (Lipinski definition) is 1. The summed E-state index contributed by atoms with van der Waals surface area (Å²) < 4.78 is 11.4. The SMILES string of the molecule is COc1ccc(C2CN=c3[nH]c4c(c3=N2)CC2(CCCO2)CC4)cc1. The Balaban J connectivity index is 1.53. The number of aromatic nitrogens is 1. The van der Waals surface area contributed by atoms with Gasteiger partial charge in [0, 0.05) is 24.3 Å². The summed E-state index contributed by atoms with van der Waals surface area (Å²) in [6.45, 7) is 1.60. The van der Waals surface area contributed by atoms with Crippen LogP contribution in [0.5, 0.6) is 5.75 Å². The molecule has 3 heterocycles. The van der Waals surface area contributed by atoms with E-state index in [0.717, 1.165) is 42.5 Å². The van der Waals surface area contributed by atoms with E-state index in [1.54, 1.807) is 7.11 Å². The topological polar surface area (TPSA) is 59.0 Å². The highest BCUT2D eigenvalue weighted by Gasteiger charge is 2.40. The molecule has 1 aromatic heterocycles. The normalized spacial score (nSPS) is 27.3. The number of hydrogen-bond acceptors (Lipinski definition) is 4. The maximum absolute atomic E-state index is 6.14. The number of nitrogens with zero attached hydrogens (tertiary/aromatic N) is 2. The van der Waals surface area contributed by atoms with Crippen LogP contribution in [0, 0.1) is 0 Å². The van der Waals surface area contributed by atoms with Gasteiger partial charge in [0.2, 0.25) is 0 Å². The minimum absolute atomic E-state index is 0.0472. The monoisotopic (exact) mass is 337 g/mol. The molecule has 130 valence electrons. The van der Waals surface area contributed by atoms with Crippen molar-refractivity contribution in [1.29, 1.82) is 0 Å². The van der Waals surface area contributed by atoms with Gasteiger partial charge >= 0.3 is 0 Å². The summed E-state index contributed by atoms with van der Waals surface area (Å²) in [7, 11) is 1.69. The minimum Gasteiger partial charge on any atom is -0.497 e. The van der Waals surface area contributed by atoms with Gasteiger partial charge in [-0.15, -0.1) is 0 Å². The van der Waals surface area contributed by atoms with Crippen LogP contribution in [-0.2, 0) is 17.6 Å². The summed E-state index contributed by atoms with van der Waals surface area (Å²) in [6.07, 6.45) is 5.48. The summed E-state index contributed by atoms with van der Waals surface area (Å²) >= 11 is 0. The largest absolute Gasteiger partial charge is 0.497 e. The molecule has 1 saturated heterocycles. The van der Waals surface area contributed by atoms with Gasteiger partial charge in [-0.2, -0.15) is 0 Å². The van der Waals surface area contributed by atoms with Crippen LogP contribution in [0.4, 0.5) is 0 Å². The Bertz CT molecular complexity index is 908. The zero-order valence-corrected chi connectivity index (χ0v) is 14.5. The predicted octanol–water partition coefficient (Wildman–Crippen LogP) is 2.06. The Morgan fingerprint density at radius 3 is 2.88 bits per heavy atom. The van der Waals surface area contributed by atoms with E-state index in [4.69, 9.17) is 19.5 Å². The lowest BCUT2D eigenvalue weighted by atomic mass is 9.81. The lowest BCUT2D eigenvalue weighted by Gasteiger charge is -2.32. The predicted molar refractivity (Wildman–Crippen MR) is 93.6 cm³/mol. The van der Waals surface area contributed by atoms with Crippen LogP contribution in [-0.4, -0.2) is 30.8 Å². The first-order valence-corrected chi connectivity index (χ1v) is 9.16. The maximum atomic E-state index is 6.14. The highest BCUT2D eigenvalue weighted by molar-refractivity contribution is 5.31. The molecule has 5 nitrogen and oxygen atoms in total. The van der Waals surface area contributed by atoms with Crippen LogP contribution in [0.3, 0.4) is 0 Å². The van der Waals surface area contributed by atoms with Crippen molar-refractivity contribution < 1.29 is 9.47 Å². The van der Waals surface area contributed by atoms with E-state index < -0.39 is 0 Å². The Labute approximate surface area is 146 Å². The summed E-state index contributed by atoms with van der Waals surface area (Å²) in [5.74, 6) is 0.872. The average molecular weight is 337 g/mol. The third-order valence-electron chi connectivity index (χ3n) is 5.87. The van der Waals surface area contributed by atoms with Crippen molar-refractivity contribution in [3.05, 3.63) is 51.9 Å². The first-order chi connectivity index (χ1) is 12.3. The van der Waals surface area contributed by atoms with Crippen LogP contribution in [0.15, 0.2) is 34.3 Å². The van der Waals surface area contributed by atoms with Crippen LogP contribution in [0.1, 0.15) is 42.1 Å². The summed E-state index contributed by atoms with van der Waals surface area (Å²) in [6, 6.07) is 8.26. The first-order valence-electron chi connectivity index (χ1n) is 9.16. The number of aromatic amines is 1. The number of nitrogens with one attached hydrogen (secondary N) is 1. The zero-order valence-electron chi connectivity index (χ0n) is 14.5. The molecule has 0 saturated carbocycles. The molecular formula is C20H23N3O2. The molecule has 1 N–H and O–H groups in total. The number of aryl methyl sites for hydroxylation is 1. The second-order valence-corrected chi connectivity index (χ2v) is 7.35. The Kier molecular flexibility index (Phi) is 3.45. The van der Waals surface area contributed by atoms with Crippen molar-refractivity contribution in [2.24, 2.45) is 9.98 Å². The van der Waals surface area contributed by atoms with Crippen molar-refractivity contribution in [3.8, 4) is 5.75 Å². The van der Waals surface area contributed by atoms with E-state index >= 15 is 0 Å². The molecule has 3 aliphatic rings. The molecule has 1 aliphatic carbocycles. The van der Waals surface area contributed by atoms with Gasteiger partial charge in [-0.25, -0.2) is 0 Å². The standard InChI is InChI=1S/C20H23N3O2/c1-24-14-5-3-13(4-6-14)17-12-21-19-18(22-17)15-11-20(8-2-10-25-20)9-7-16(15)23-19/h3-6,17H,2,7-12H2,1H3,(H,21,23). The zero-order chi connectivity index (χ0) is 16.9. The summed E-state index contributed by atoms with van der Waals surface area (Å²) in [5, 5.41) is 1.07. The fourth-order valence-corrected chi connectivity index (χ4v) is 4.46. The van der Waals surface area contributed by atoms with Gasteiger partial charge in [0.1, 0.15) is 11.1 Å². The number of ether oxygens (including phenoxy) is 2. The highest BCUT2D eigenvalue weighted by Crippen LogP contribution is 2.37. The number of H-pyrrole nitrogens is 1. The van der Waals surface area contributed by atoms with Gasteiger partial charge in [-0.1, -0.05) is 12.1 Å². The summed E-state index contributed by atoms with van der Waals surface area (Å²) in [5.41, 5.74) is 4.85. The quantitative estimate of drug-likeness (QED) is 0.912. The molecule has 2 atom stereocenters. The molecule has 2 aliphatic heterocycles. The van der Waals surface area contributed by atoms with Crippen molar-refractivity contribution in [3.63, 3.8) is 0 Å². The van der Waals surface area contributed by atoms with Crippen LogP contribution in [0.25, 0.3) is 0 Å². The Morgan fingerprint density at radius 1 is 1.24 bits per heavy atom. The van der Waals surface area contributed by atoms with Crippen molar-refractivity contribution in [2.75, 3.05) is 20.3 Å².